The molecule has 9 nitrogen and oxygen atoms in total. The number of aliphatic hydroxyl groups is 3. The lowest BCUT2D eigenvalue weighted by Crippen LogP contribution is -2.60. The van der Waals surface area contributed by atoms with Crippen LogP contribution in [0.3, 0.4) is 0 Å². The summed E-state index contributed by atoms with van der Waals surface area (Å²) >= 11 is 0. The van der Waals surface area contributed by atoms with Crippen molar-refractivity contribution in [2.75, 3.05) is 6.61 Å². The zero-order chi connectivity index (χ0) is 26.6. The molecule has 0 saturated carbocycles. The number of rotatable bonds is 1. The molecule has 0 radical (unpaired) electrons. The lowest BCUT2D eigenvalue weighted by Gasteiger charge is -2.40. The molecule has 4 N–H and O–H groups in total. The molecule has 2 aliphatic heterocycles. The summed E-state index contributed by atoms with van der Waals surface area (Å²) in [5.74, 6) is -2.39. The summed E-state index contributed by atoms with van der Waals surface area (Å²) in [5.41, 5.74) is 1.23. The van der Waals surface area contributed by atoms with Gasteiger partial charge in [0.2, 0.25) is 6.29 Å². The van der Waals surface area contributed by atoms with E-state index >= 15 is 0 Å². The first-order valence-corrected chi connectivity index (χ1v) is 12.1. The second kappa shape index (κ2) is 9.38. The standard InChI is InChI=1S/C29H24O9/c30-22-16-8-4-5-9-17(16)23(31)21-19(22)12-18-15(14-6-2-1-3-7-14)10-11-36-13-20-24(32)26(34)27(35)29(37-20)38-28(18)25(21)33/h1-12,15,20,24,26-27,29,32-35H,13H2. The van der Waals surface area contributed by atoms with Crippen molar-refractivity contribution in [1.29, 1.82) is 0 Å². The minimum Gasteiger partial charge on any atom is -0.504 e. The number of fused-ring (bicyclic) bond motifs is 5. The van der Waals surface area contributed by atoms with Crippen LogP contribution in [-0.2, 0) is 9.47 Å². The van der Waals surface area contributed by atoms with Gasteiger partial charge in [-0.25, -0.2) is 0 Å². The Kier molecular flexibility index (Phi) is 6.00. The zero-order valence-corrected chi connectivity index (χ0v) is 19.9. The van der Waals surface area contributed by atoms with E-state index in [9.17, 15) is 30.0 Å². The van der Waals surface area contributed by atoms with Gasteiger partial charge in [-0.05, 0) is 17.7 Å². The molecule has 1 aliphatic carbocycles. The number of carbonyl (C=O) groups is 2. The van der Waals surface area contributed by atoms with Crippen molar-refractivity contribution in [3.63, 3.8) is 0 Å². The minimum atomic E-state index is -1.69. The second-order valence-corrected chi connectivity index (χ2v) is 9.45. The van der Waals surface area contributed by atoms with E-state index in [1.807, 2.05) is 30.3 Å². The van der Waals surface area contributed by atoms with Crippen LogP contribution in [0.2, 0.25) is 0 Å². The van der Waals surface area contributed by atoms with Gasteiger partial charge in [-0.3, -0.25) is 9.59 Å². The maximum atomic E-state index is 13.5. The molecular weight excluding hydrogens is 492 g/mol. The van der Waals surface area contributed by atoms with Crippen LogP contribution in [0.4, 0.5) is 0 Å². The molecule has 6 rings (SSSR count). The summed E-state index contributed by atoms with van der Waals surface area (Å²) in [6.45, 7) is -0.159. The Morgan fingerprint density at radius 3 is 2.21 bits per heavy atom. The van der Waals surface area contributed by atoms with Gasteiger partial charge in [0.25, 0.3) is 0 Å². The van der Waals surface area contributed by atoms with Crippen molar-refractivity contribution in [2.45, 2.75) is 36.6 Å². The molecule has 0 aromatic heterocycles. The third kappa shape index (κ3) is 3.79. The van der Waals surface area contributed by atoms with Crippen molar-refractivity contribution in [3.05, 3.63) is 106 Å². The smallest absolute Gasteiger partial charge is 0.229 e. The molecule has 6 atom stereocenters. The molecular formula is C29H24O9. The molecule has 3 aromatic rings. The van der Waals surface area contributed by atoms with E-state index in [4.69, 9.17) is 14.2 Å². The number of aromatic hydroxyl groups is 1. The maximum Gasteiger partial charge on any atom is 0.229 e. The highest BCUT2D eigenvalue weighted by Crippen LogP contribution is 2.46. The highest BCUT2D eigenvalue weighted by molar-refractivity contribution is 6.29. The van der Waals surface area contributed by atoms with E-state index in [0.717, 1.165) is 5.56 Å². The minimum absolute atomic E-state index is 0.0112. The third-order valence-corrected chi connectivity index (χ3v) is 7.20. The number of ether oxygens (including phenoxy) is 3. The Balaban J connectivity index is 1.59. The van der Waals surface area contributed by atoms with Gasteiger partial charge in [0, 0.05) is 28.2 Å². The molecule has 0 amide bonds. The van der Waals surface area contributed by atoms with Gasteiger partial charge in [0.1, 0.15) is 31.0 Å². The molecule has 1 fully saturated rings. The average molecular weight is 517 g/mol. The van der Waals surface area contributed by atoms with Crippen LogP contribution in [0, 0.1) is 0 Å². The fourth-order valence-electron chi connectivity index (χ4n) is 5.20. The SMILES string of the molecule is O=C1c2ccccc2C(=O)c2c1cc1c(c2O)OC2OC(COC=CC1c1ccccc1)C(O)C(O)C2O. The number of phenols is 1. The number of hydrogen-bond acceptors (Lipinski definition) is 9. The number of aliphatic hydroxyl groups excluding tert-OH is 3. The molecule has 6 unspecified atom stereocenters. The lowest BCUT2D eigenvalue weighted by molar-refractivity contribution is -0.277. The molecule has 3 aliphatic rings. The summed E-state index contributed by atoms with van der Waals surface area (Å²) < 4.78 is 17.3. The van der Waals surface area contributed by atoms with E-state index in [1.165, 1.54) is 18.4 Å². The van der Waals surface area contributed by atoms with Crippen LogP contribution >= 0.6 is 0 Å². The van der Waals surface area contributed by atoms with E-state index in [-0.39, 0.29) is 34.6 Å². The summed E-state index contributed by atoms with van der Waals surface area (Å²) in [7, 11) is 0. The van der Waals surface area contributed by atoms with Crippen molar-refractivity contribution in [3.8, 4) is 11.5 Å². The van der Waals surface area contributed by atoms with Crippen LogP contribution in [0.5, 0.6) is 11.5 Å². The van der Waals surface area contributed by atoms with Gasteiger partial charge in [0.05, 0.1) is 11.8 Å². The van der Waals surface area contributed by atoms with Crippen molar-refractivity contribution >= 4 is 11.6 Å². The predicted octanol–water partition coefficient (Wildman–Crippen LogP) is 2.03. The van der Waals surface area contributed by atoms with Crippen molar-refractivity contribution < 1.29 is 44.2 Å². The molecule has 2 bridgehead atoms. The molecule has 194 valence electrons. The van der Waals surface area contributed by atoms with Gasteiger partial charge in [-0.2, -0.15) is 0 Å². The molecule has 38 heavy (non-hydrogen) atoms. The Morgan fingerprint density at radius 2 is 1.47 bits per heavy atom. The Labute approximate surface area is 217 Å². The highest BCUT2D eigenvalue weighted by atomic mass is 16.7. The number of hydrogen-bond donors (Lipinski definition) is 4. The normalized spacial score (nSPS) is 28.2. The summed E-state index contributed by atoms with van der Waals surface area (Å²) in [6, 6.07) is 17.0. The van der Waals surface area contributed by atoms with Gasteiger partial charge < -0.3 is 34.6 Å². The summed E-state index contributed by atoms with van der Waals surface area (Å²) in [5, 5.41) is 43.0. The number of allylic oxidation sites excluding steroid dienone is 1. The van der Waals surface area contributed by atoms with Gasteiger partial charge >= 0.3 is 0 Å². The van der Waals surface area contributed by atoms with E-state index in [0.29, 0.717) is 5.56 Å². The number of ketones is 2. The first-order valence-electron chi connectivity index (χ1n) is 12.1. The van der Waals surface area contributed by atoms with Gasteiger partial charge in [-0.15, -0.1) is 0 Å². The Morgan fingerprint density at radius 1 is 0.789 bits per heavy atom. The molecule has 2 heterocycles. The Hall–Kier alpha value is -4.02. The molecule has 9 heteroatoms. The Bertz CT molecular complexity index is 1450. The molecule has 0 spiro atoms. The fraction of sp³-hybridized carbons (Fsp3) is 0.241. The quantitative estimate of drug-likeness (QED) is 0.299. The summed E-state index contributed by atoms with van der Waals surface area (Å²) in [4.78, 5) is 27.0. The van der Waals surface area contributed by atoms with Gasteiger partial charge in [-0.1, -0.05) is 54.6 Å². The monoisotopic (exact) mass is 516 g/mol. The first-order chi connectivity index (χ1) is 18.4. The topological polar surface area (TPSA) is 143 Å². The van der Waals surface area contributed by atoms with Crippen LogP contribution in [0.1, 0.15) is 48.9 Å². The maximum absolute atomic E-state index is 13.5. The largest absolute Gasteiger partial charge is 0.504 e. The zero-order valence-electron chi connectivity index (χ0n) is 19.9. The van der Waals surface area contributed by atoms with E-state index < -0.39 is 53.9 Å². The second-order valence-electron chi connectivity index (χ2n) is 9.45. The third-order valence-electron chi connectivity index (χ3n) is 7.20. The van der Waals surface area contributed by atoms with Crippen molar-refractivity contribution in [2.24, 2.45) is 0 Å². The summed E-state index contributed by atoms with van der Waals surface area (Å²) in [6.07, 6.45) is -4.29. The van der Waals surface area contributed by atoms with Crippen molar-refractivity contribution in [1.82, 2.24) is 0 Å². The lowest BCUT2D eigenvalue weighted by atomic mass is 9.80. The van der Waals surface area contributed by atoms with Gasteiger partial charge in [0.15, 0.2) is 23.1 Å². The van der Waals surface area contributed by atoms with Crippen LogP contribution < -0.4 is 4.74 Å². The number of phenolic OH excluding ortho intramolecular Hbond substituents is 1. The van der Waals surface area contributed by atoms with E-state index in [2.05, 4.69) is 0 Å². The van der Waals surface area contributed by atoms with Crippen LogP contribution in [-0.4, -0.2) is 69.3 Å². The molecule has 1 saturated heterocycles. The number of benzene rings is 3. The fourth-order valence-corrected chi connectivity index (χ4v) is 5.20. The first kappa shape index (κ1) is 24.3. The van der Waals surface area contributed by atoms with E-state index in [1.54, 1.807) is 24.3 Å². The highest BCUT2D eigenvalue weighted by Gasteiger charge is 2.46. The van der Waals surface area contributed by atoms with Crippen LogP contribution in [0.15, 0.2) is 73.0 Å². The predicted molar refractivity (Wildman–Crippen MR) is 132 cm³/mol. The van der Waals surface area contributed by atoms with Crippen LogP contribution in [0.25, 0.3) is 0 Å². The number of carbonyl (C=O) groups excluding carboxylic acids is 2. The average Bonchev–Trinajstić information content (AvgIpc) is 2.97. The molecule has 3 aromatic carbocycles.